The monoisotopic (exact) mass is 278 g/mol. The highest BCUT2D eigenvalue weighted by molar-refractivity contribution is 5.78. The Kier molecular flexibility index (Phi) is 6.10. The van der Waals surface area contributed by atoms with Crippen LogP contribution in [0, 0.1) is 5.41 Å². The number of carbonyl (C=O) groups is 1. The van der Waals surface area contributed by atoms with E-state index in [2.05, 4.69) is 6.58 Å². The van der Waals surface area contributed by atoms with Crippen molar-refractivity contribution >= 4 is 5.97 Å². The van der Waals surface area contributed by atoms with Crippen molar-refractivity contribution in [2.24, 2.45) is 5.41 Å². The van der Waals surface area contributed by atoms with E-state index in [0.717, 1.165) is 11.5 Å². The van der Waals surface area contributed by atoms with Gasteiger partial charge in [0.05, 0.1) is 25.7 Å². The van der Waals surface area contributed by atoms with Crippen molar-refractivity contribution in [2.75, 3.05) is 20.3 Å². The number of methoxy groups -OCH3 is 1. The highest BCUT2D eigenvalue weighted by Crippen LogP contribution is 2.25. The maximum atomic E-state index is 11.9. The lowest BCUT2D eigenvalue weighted by Gasteiger charge is -2.23. The van der Waals surface area contributed by atoms with Crippen LogP contribution in [0.15, 0.2) is 36.9 Å². The van der Waals surface area contributed by atoms with E-state index in [0.29, 0.717) is 19.6 Å². The van der Waals surface area contributed by atoms with Crippen molar-refractivity contribution in [3.05, 3.63) is 36.9 Å². The minimum Gasteiger partial charge on any atom is -0.497 e. The van der Waals surface area contributed by atoms with Gasteiger partial charge in [0.15, 0.2) is 0 Å². The van der Waals surface area contributed by atoms with Gasteiger partial charge in [0, 0.05) is 6.42 Å². The van der Waals surface area contributed by atoms with Crippen molar-refractivity contribution in [1.82, 2.24) is 0 Å². The zero-order valence-corrected chi connectivity index (χ0v) is 12.3. The van der Waals surface area contributed by atoms with Crippen LogP contribution >= 0.6 is 0 Å². The number of rotatable bonds is 8. The standard InChI is InChI=1S/C16H22O4/c1-5-16(3,15(17)19-6-2)11-12-20-14-9-7-13(18-4)8-10-14/h5,7-10H,1,6,11-12H2,2-4H3. The van der Waals surface area contributed by atoms with Gasteiger partial charge in [0.25, 0.3) is 0 Å². The van der Waals surface area contributed by atoms with Gasteiger partial charge in [-0.1, -0.05) is 6.08 Å². The summed E-state index contributed by atoms with van der Waals surface area (Å²) in [6.45, 7) is 8.07. The molecule has 1 unspecified atom stereocenters. The molecule has 1 aromatic rings. The molecule has 0 radical (unpaired) electrons. The van der Waals surface area contributed by atoms with Crippen LogP contribution in [0.2, 0.25) is 0 Å². The van der Waals surface area contributed by atoms with E-state index in [-0.39, 0.29) is 5.97 Å². The van der Waals surface area contributed by atoms with Gasteiger partial charge in [-0.15, -0.1) is 6.58 Å². The average Bonchev–Trinajstić information content (AvgIpc) is 2.48. The first-order valence-electron chi connectivity index (χ1n) is 6.63. The average molecular weight is 278 g/mol. The first kappa shape index (κ1) is 16.1. The van der Waals surface area contributed by atoms with Gasteiger partial charge >= 0.3 is 5.97 Å². The highest BCUT2D eigenvalue weighted by atomic mass is 16.5. The van der Waals surface area contributed by atoms with E-state index in [1.807, 2.05) is 24.3 Å². The van der Waals surface area contributed by atoms with Gasteiger partial charge in [-0.25, -0.2) is 0 Å². The maximum Gasteiger partial charge on any atom is 0.315 e. The van der Waals surface area contributed by atoms with Crippen LogP contribution in [0.3, 0.4) is 0 Å². The van der Waals surface area contributed by atoms with E-state index < -0.39 is 5.41 Å². The molecule has 0 heterocycles. The Hall–Kier alpha value is -1.97. The van der Waals surface area contributed by atoms with Gasteiger partial charge < -0.3 is 14.2 Å². The molecule has 1 rings (SSSR count). The number of carbonyl (C=O) groups excluding carboxylic acids is 1. The molecule has 1 atom stereocenters. The van der Waals surface area contributed by atoms with Gasteiger partial charge in [0.2, 0.25) is 0 Å². The fourth-order valence-corrected chi connectivity index (χ4v) is 1.64. The molecule has 0 amide bonds. The Morgan fingerprint density at radius 1 is 1.30 bits per heavy atom. The Morgan fingerprint density at radius 3 is 2.40 bits per heavy atom. The number of benzene rings is 1. The fraction of sp³-hybridized carbons (Fsp3) is 0.438. The number of hydrogen-bond donors (Lipinski definition) is 0. The smallest absolute Gasteiger partial charge is 0.315 e. The van der Waals surface area contributed by atoms with Crippen molar-refractivity contribution in [3.8, 4) is 11.5 Å². The minimum atomic E-state index is -0.720. The second kappa shape index (κ2) is 7.58. The third-order valence-electron chi connectivity index (χ3n) is 3.14. The predicted octanol–water partition coefficient (Wildman–Crippen LogP) is 3.22. The van der Waals surface area contributed by atoms with Gasteiger partial charge in [-0.3, -0.25) is 4.79 Å². The van der Waals surface area contributed by atoms with Crippen LogP contribution in [-0.4, -0.2) is 26.3 Å². The van der Waals surface area contributed by atoms with Crippen molar-refractivity contribution in [2.45, 2.75) is 20.3 Å². The van der Waals surface area contributed by atoms with E-state index in [4.69, 9.17) is 14.2 Å². The summed E-state index contributed by atoms with van der Waals surface area (Å²) in [5.74, 6) is 1.24. The number of ether oxygens (including phenoxy) is 3. The summed E-state index contributed by atoms with van der Waals surface area (Å²) < 4.78 is 15.7. The van der Waals surface area contributed by atoms with Crippen molar-refractivity contribution < 1.29 is 19.0 Å². The Balaban J connectivity index is 2.52. The maximum absolute atomic E-state index is 11.9. The molecule has 0 saturated carbocycles. The van der Waals surface area contributed by atoms with Gasteiger partial charge in [-0.05, 0) is 38.1 Å². The van der Waals surface area contributed by atoms with Gasteiger partial charge in [-0.2, -0.15) is 0 Å². The largest absolute Gasteiger partial charge is 0.497 e. The summed E-state index contributed by atoms with van der Waals surface area (Å²) in [7, 11) is 1.62. The molecular formula is C16H22O4. The van der Waals surface area contributed by atoms with Crippen molar-refractivity contribution in [3.63, 3.8) is 0 Å². The van der Waals surface area contributed by atoms with Crippen molar-refractivity contribution in [1.29, 1.82) is 0 Å². The number of esters is 1. The van der Waals surface area contributed by atoms with E-state index in [1.165, 1.54) is 0 Å². The lowest BCUT2D eigenvalue weighted by molar-refractivity contribution is -0.152. The zero-order valence-electron chi connectivity index (χ0n) is 12.3. The summed E-state index contributed by atoms with van der Waals surface area (Å²) >= 11 is 0. The molecule has 0 aliphatic rings. The Bertz CT molecular complexity index is 438. The molecule has 0 aliphatic heterocycles. The summed E-state index contributed by atoms with van der Waals surface area (Å²) in [6.07, 6.45) is 2.13. The summed E-state index contributed by atoms with van der Waals surface area (Å²) in [6, 6.07) is 7.31. The highest BCUT2D eigenvalue weighted by Gasteiger charge is 2.31. The molecule has 0 aliphatic carbocycles. The van der Waals surface area contributed by atoms with Crippen LogP contribution in [-0.2, 0) is 9.53 Å². The van der Waals surface area contributed by atoms with Crippen LogP contribution in [0.1, 0.15) is 20.3 Å². The van der Waals surface area contributed by atoms with Crippen LogP contribution in [0.5, 0.6) is 11.5 Å². The SMILES string of the molecule is C=CC(C)(CCOc1ccc(OC)cc1)C(=O)OCC. The Morgan fingerprint density at radius 2 is 1.90 bits per heavy atom. The topological polar surface area (TPSA) is 44.8 Å². The van der Waals surface area contributed by atoms with Gasteiger partial charge in [0.1, 0.15) is 11.5 Å². The summed E-state index contributed by atoms with van der Waals surface area (Å²) in [5, 5.41) is 0. The molecule has 20 heavy (non-hydrogen) atoms. The van der Waals surface area contributed by atoms with Crippen LogP contribution in [0.25, 0.3) is 0 Å². The van der Waals surface area contributed by atoms with Crippen LogP contribution < -0.4 is 9.47 Å². The first-order valence-corrected chi connectivity index (χ1v) is 6.63. The molecule has 0 bridgehead atoms. The lowest BCUT2D eigenvalue weighted by atomic mass is 9.87. The molecule has 1 aromatic carbocycles. The molecule has 4 heteroatoms. The molecule has 0 N–H and O–H groups in total. The summed E-state index contributed by atoms with van der Waals surface area (Å²) in [4.78, 5) is 11.9. The third-order valence-corrected chi connectivity index (χ3v) is 3.14. The summed E-state index contributed by atoms with van der Waals surface area (Å²) in [5.41, 5.74) is -0.720. The fourth-order valence-electron chi connectivity index (χ4n) is 1.64. The normalized spacial score (nSPS) is 13.2. The molecule has 0 aromatic heterocycles. The van der Waals surface area contributed by atoms with E-state index in [9.17, 15) is 4.79 Å². The van der Waals surface area contributed by atoms with E-state index >= 15 is 0 Å². The molecule has 4 nitrogen and oxygen atoms in total. The molecule has 0 saturated heterocycles. The second-order valence-electron chi connectivity index (χ2n) is 4.62. The minimum absolute atomic E-state index is 0.270. The first-order chi connectivity index (χ1) is 9.55. The quantitative estimate of drug-likeness (QED) is 0.541. The molecule has 110 valence electrons. The lowest BCUT2D eigenvalue weighted by Crippen LogP contribution is -2.29. The number of hydrogen-bond acceptors (Lipinski definition) is 4. The van der Waals surface area contributed by atoms with Crippen LogP contribution in [0.4, 0.5) is 0 Å². The molecule has 0 spiro atoms. The zero-order chi connectivity index (χ0) is 15.0. The Labute approximate surface area is 120 Å². The van der Waals surface area contributed by atoms with E-state index in [1.54, 1.807) is 27.0 Å². The predicted molar refractivity (Wildman–Crippen MR) is 78.0 cm³/mol. The molecular weight excluding hydrogens is 256 g/mol. The second-order valence-corrected chi connectivity index (χ2v) is 4.62. The third kappa shape index (κ3) is 4.30. The molecule has 0 fully saturated rings.